The Morgan fingerprint density at radius 2 is 1.88 bits per heavy atom. The molecule has 3 aromatic rings. The molecule has 0 N–H and O–H groups in total. The summed E-state index contributed by atoms with van der Waals surface area (Å²) >= 11 is 0. The molecular formula is C22H25N3O. The maximum atomic E-state index is 5.48. The van der Waals surface area contributed by atoms with Crippen LogP contribution in [0.2, 0.25) is 0 Å². The number of aryl methyl sites for hydroxylation is 1. The molecule has 1 aliphatic heterocycles. The van der Waals surface area contributed by atoms with Gasteiger partial charge in [-0.2, -0.15) is 0 Å². The van der Waals surface area contributed by atoms with Crippen molar-refractivity contribution in [2.45, 2.75) is 32.2 Å². The number of methoxy groups -OCH3 is 1. The minimum atomic E-state index is 0.540. The summed E-state index contributed by atoms with van der Waals surface area (Å²) in [5, 5.41) is 2.44. The standard InChI is InChI=1S/C22H25N3O/c1-16-20-13-21(24-14-19(20)3-4-22(16)26-2)18-7-11-25(12-8-18)15-17-5-9-23-10-6-17/h3-6,9-10,13-14,18H,7-8,11-12,15H2,1-2H3. The molecule has 134 valence electrons. The number of fused-ring (bicyclic) bond motifs is 1. The van der Waals surface area contributed by atoms with Crippen molar-refractivity contribution in [3.63, 3.8) is 0 Å². The second kappa shape index (κ2) is 7.42. The first-order valence-electron chi connectivity index (χ1n) is 9.29. The maximum Gasteiger partial charge on any atom is 0.122 e. The van der Waals surface area contributed by atoms with Gasteiger partial charge in [0.15, 0.2) is 0 Å². The van der Waals surface area contributed by atoms with Crippen LogP contribution >= 0.6 is 0 Å². The van der Waals surface area contributed by atoms with Crippen LogP contribution in [0.3, 0.4) is 0 Å². The molecule has 1 fully saturated rings. The third-order valence-corrected chi connectivity index (χ3v) is 5.53. The van der Waals surface area contributed by atoms with Crippen molar-refractivity contribution in [3.05, 3.63) is 65.7 Å². The van der Waals surface area contributed by atoms with Crippen LogP contribution < -0.4 is 4.74 Å². The maximum absolute atomic E-state index is 5.48. The lowest BCUT2D eigenvalue weighted by Crippen LogP contribution is -2.32. The van der Waals surface area contributed by atoms with Crippen LogP contribution in [0.25, 0.3) is 10.8 Å². The molecule has 1 saturated heterocycles. The summed E-state index contributed by atoms with van der Waals surface area (Å²) in [6, 6.07) is 10.6. The average molecular weight is 347 g/mol. The summed E-state index contributed by atoms with van der Waals surface area (Å²) in [5.74, 6) is 1.49. The predicted octanol–water partition coefficient (Wildman–Crippen LogP) is 4.33. The van der Waals surface area contributed by atoms with Gasteiger partial charge in [-0.1, -0.05) is 0 Å². The van der Waals surface area contributed by atoms with Crippen LogP contribution in [0.4, 0.5) is 0 Å². The second-order valence-corrected chi connectivity index (χ2v) is 7.13. The number of aromatic nitrogens is 2. The molecule has 0 amide bonds. The molecule has 1 aromatic carbocycles. The fourth-order valence-corrected chi connectivity index (χ4v) is 3.94. The lowest BCUT2D eigenvalue weighted by Gasteiger charge is -2.31. The van der Waals surface area contributed by atoms with Crippen LogP contribution in [0, 0.1) is 6.92 Å². The minimum Gasteiger partial charge on any atom is -0.496 e. The Labute approximate surface area is 154 Å². The quantitative estimate of drug-likeness (QED) is 0.704. The van der Waals surface area contributed by atoms with E-state index < -0.39 is 0 Å². The molecule has 0 saturated carbocycles. The molecule has 4 heteroatoms. The lowest BCUT2D eigenvalue weighted by molar-refractivity contribution is 0.203. The van der Waals surface area contributed by atoms with Crippen molar-refractivity contribution in [2.24, 2.45) is 0 Å². The first-order valence-corrected chi connectivity index (χ1v) is 9.29. The smallest absolute Gasteiger partial charge is 0.122 e. The summed E-state index contributed by atoms with van der Waals surface area (Å²) in [5.41, 5.74) is 3.76. The van der Waals surface area contributed by atoms with Crippen molar-refractivity contribution in [3.8, 4) is 5.75 Å². The number of ether oxygens (including phenoxy) is 1. The highest BCUT2D eigenvalue weighted by atomic mass is 16.5. The lowest BCUT2D eigenvalue weighted by atomic mass is 9.91. The van der Waals surface area contributed by atoms with Crippen molar-refractivity contribution in [1.29, 1.82) is 0 Å². The summed E-state index contributed by atoms with van der Waals surface area (Å²) in [7, 11) is 1.73. The van der Waals surface area contributed by atoms with E-state index in [1.807, 2.05) is 24.7 Å². The number of likely N-dealkylation sites (tertiary alicyclic amines) is 1. The molecule has 1 aliphatic rings. The zero-order chi connectivity index (χ0) is 17.9. The molecule has 0 radical (unpaired) electrons. The number of piperidine rings is 1. The number of hydrogen-bond donors (Lipinski definition) is 0. The van der Waals surface area contributed by atoms with Gasteiger partial charge in [0.05, 0.1) is 7.11 Å². The monoisotopic (exact) mass is 347 g/mol. The van der Waals surface area contributed by atoms with E-state index in [1.54, 1.807) is 7.11 Å². The van der Waals surface area contributed by atoms with E-state index in [1.165, 1.54) is 27.6 Å². The topological polar surface area (TPSA) is 38.2 Å². The Morgan fingerprint density at radius 3 is 2.62 bits per heavy atom. The Hall–Kier alpha value is -2.46. The molecule has 2 aromatic heterocycles. The first-order chi connectivity index (χ1) is 12.7. The van der Waals surface area contributed by atoms with Gasteiger partial charge in [-0.3, -0.25) is 14.9 Å². The molecule has 4 rings (SSSR count). The van der Waals surface area contributed by atoms with E-state index in [9.17, 15) is 0 Å². The van der Waals surface area contributed by atoms with Gasteiger partial charge >= 0.3 is 0 Å². The number of hydrogen-bond acceptors (Lipinski definition) is 4. The van der Waals surface area contributed by atoms with Crippen LogP contribution in [0.15, 0.2) is 48.9 Å². The van der Waals surface area contributed by atoms with Crippen molar-refractivity contribution >= 4 is 10.8 Å². The third kappa shape index (κ3) is 3.42. The highest BCUT2D eigenvalue weighted by Crippen LogP contribution is 2.32. The third-order valence-electron chi connectivity index (χ3n) is 5.53. The van der Waals surface area contributed by atoms with Crippen LogP contribution in [-0.2, 0) is 6.54 Å². The van der Waals surface area contributed by atoms with Crippen molar-refractivity contribution in [2.75, 3.05) is 20.2 Å². The fourth-order valence-electron chi connectivity index (χ4n) is 3.94. The van der Waals surface area contributed by atoms with Gasteiger partial charge in [0.2, 0.25) is 0 Å². The number of pyridine rings is 2. The van der Waals surface area contributed by atoms with Gasteiger partial charge in [-0.05, 0) is 79.7 Å². The Bertz CT molecular complexity index is 887. The van der Waals surface area contributed by atoms with E-state index >= 15 is 0 Å². The molecule has 0 bridgehead atoms. The molecule has 0 aliphatic carbocycles. The molecule has 4 nitrogen and oxygen atoms in total. The van der Waals surface area contributed by atoms with Gasteiger partial charge in [0, 0.05) is 42.1 Å². The minimum absolute atomic E-state index is 0.540. The number of rotatable bonds is 4. The van der Waals surface area contributed by atoms with E-state index in [4.69, 9.17) is 9.72 Å². The molecule has 26 heavy (non-hydrogen) atoms. The molecule has 3 heterocycles. The summed E-state index contributed by atoms with van der Waals surface area (Å²) in [6.07, 6.45) is 8.08. The largest absolute Gasteiger partial charge is 0.496 e. The van der Waals surface area contributed by atoms with E-state index in [0.29, 0.717) is 5.92 Å². The van der Waals surface area contributed by atoms with Gasteiger partial charge in [0.1, 0.15) is 5.75 Å². The van der Waals surface area contributed by atoms with E-state index in [2.05, 4.69) is 41.1 Å². The molecule has 0 spiro atoms. The molecule has 0 unspecified atom stereocenters. The van der Waals surface area contributed by atoms with Crippen molar-refractivity contribution in [1.82, 2.24) is 14.9 Å². The molecular weight excluding hydrogens is 322 g/mol. The zero-order valence-corrected chi connectivity index (χ0v) is 15.5. The Balaban J connectivity index is 1.48. The van der Waals surface area contributed by atoms with Gasteiger partial charge in [-0.25, -0.2) is 0 Å². The van der Waals surface area contributed by atoms with Crippen LogP contribution in [0.5, 0.6) is 5.75 Å². The summed E-state index contributed by atoms with van der Waals surface area (Å²) < 4.78 is 5.48. The summed E-state index contributed by atoms with van der Waals surface area (Å²) in [4.78, 5) is 11.4. The van der Waals surface area contributed by atoms with Crippen molar-refractivity contribution < 1.29 is 4.74 Å². The van der Waals surface area contributed by atoms with E-state index in [0.717, 1.165) is 38.2 Å². The number of nitrogens with zero attached hydrogens (tertiary/aromatic N) is 3. The van der Waals surface area contributed by atoms with Crippen LogP contribution in [-0.4, -0.2) is 35.1 Å². The normalized spacial score (nSPS) is 16.1. The second-order valence-electron chi connectivity index (χ2n) is 7.13. The first kappa shape index (κ1) is 17.0. The highest BCUT2D eigenvalue weighted by Gasteiger charge is 2.22. The fraction of sp³-hybridized carbons (Fsp3) is 0.364. The SMILES string of the molecule is COc1ccc2cnc(C3CCN(Cc4ccncc4)CC3)cc2c1C. The Kier molecular flexibility index (Phi) is 4.85. The zero-order valence-electron chi connectivity index (χ0n) is 15.5. The molecule has 0 atom stereocenters. The highest BCUT2D eigenvalue weighted by molar-refractivity contribution is 5.87. The average Bonchev–Trinajstić information content (AvgIpc) is 2.70. The van der Waals surface area contributed by atoms with Gasteiger partial charge in [0.25, 0.3) is 0 Å². The summed E-state index contributed by atoms with van der Waals surface area (Å²) in [6.45, 7) is 5.37. The predicted molar refractivity (Wildman–Crippen MR) is 105 cm³/mol. The van der Waals surface area contributed by atoms with Gasteiger partial charge in [-0.15, -0.1) is 0 Å². The van der Waals surface area contributed by atoms with Crippen LogP contribution in [0.1, 0.15) is 35.6 Å². The van der Waals surface area contributed by atoms with Gasteiger partial charge < -0.3 is 4.74 Å². The number of benzene rings is 1. The van der Waals surface area contributed by atoms with E-state index in [-0.39, 0.29) is 0 Å². The Morgan fingerprint density at radius 1 is 1.12 bits per heavy atom.